The van der Waals surface area contributed by atoms with Gasteiger partial charge in [-0.15, -0.1) is 0 Å². The monoisotopic (exact) mass is 212 g/mol. The number of ether oxygens (including phenoxy) is 1. The minimum absolute atomic E-state index is 0.760. The molecule has 0 radical (unpaired) electrons. The molecule has 0 aromatic rings. The van der Waals surface area contributed by atoms with Gasteiger partial charge in [-0.2, -0.15) is 13.2 Å². The molecule has 0 spiro atoms. The Labute approximate surface area is 79.2 Å². The van der Waals surface area contributed by atoms with Gasteiger partial charge in [0.2, 0.25) is 5.76 Å². The van der Waals surface area contributed by atoms with E-state index in [0.717, 1.165) is 7.11 Å². The molecular formula is C8H11F3O3. The lowest BCUT2D eigenvalue weighted by molar-refractivity contribution is -0.140. The van der Waals surface area contributed by atoms with Crippen LogP contribution in [0, 0.1) is 5.92 Å². The number of hydrogen-bond donors (Lipinski definition) is 1. The number of carboxylic acid groups (broad SMARTS) is 1. The summed E-state index contributed by atoms with van der Waals surface area (Å²) in [5.41, 5.74) is -0.764. The molecule has 0 fully saturated rings. The second-order valence-electron chi connectivity index (χ2n) is 2.90. The zero-order valence-electron chi connectivity index (χ0n) is 7.97. The Bertz CT molecular complexity index is 253. The van der Waals surface area contributed by atoms with Crippen LogP contribution in [0.15, 0.2) is 11.3 Å². The van der Waals surface area contributed by atoms with Gasteiger partial charge < -0.3 is 9.84 Å². The van der Waals surface area contributed by atoms with Crippen LogP contribution in [0.3, 0.4) is 0 Å². The number of carbonyl (C=O) groups is 1. The summed E-state index contributed by atoms with van der Waals surface area (Å²) in [6.07, 6.45) is -4.77. The van der Waals surface area contributed by atoms with Crippen molar-refractivity contribution in [2.75, 3.05) is 7.11 Å². The molecule has 6 heteroatoms. The third-order valence-electron chi connectivity index (χ3n) is 1.51. The molecule has 0 aliphatic rings. The van der Waals surface area contributed by atoms with E-state index in [0.29, 0.717) is 0 Å². The van der Waals surface area contributed by atoms with E-state index in [9.17, 15) is 18.0 Å². The predicted molar refractivity (Wildman–Crippen MR) is 42.6 cm³/mol. The van der Waals surface area contributed by atoms with E-state index in [1.54, 1.807) is 0 Å². The second-order valence-corrected chi connectivity index (χ2v) is 2.90. The molecule has 82 valence electrons. The number of carboxylic acids is 1. The van der Waals surface area contributed by atoms with Crippen molar-refractivity contribution in [3.63, 3.8) is 0 Å². The third-order valence-corrected chi connectivity index (χ3v) is 1.51. The molecule has 0 aromatic carbocycles. The van der Waals surface area contributed by atoms with Gasteiger partial charge in [0.25, 0.3) is 0 Å². The van der Waals surface area contributed by atoms with Crippen molar-refractivity contribution >= 4 is 5.97 Å². The molecule has 14 heavy (non-hydrogen) atoms. The van der Waals surface area contributed by atoms with Gasteiger partial charge in [0.1, 0.15) is 0 Å². The Kier molecular flexibility index (Phi) is 3.97. The molecule has 0 saturated carbocycles. The maximum atomic E-state index is 12.2. The van der Waals surface area contributed by atoms with Crippen LogP contribution in [-0.4, -0.2) is 24.4 Å². The van der Waals surface area contributed by atoms with E-state index in [1.807, 2.05) is 0 Å². The highest BCUT2D eigenvalue weighted by atomic mass is 19.4. The molecule has 0 unspecified atom stereocenters. The molecule has 0 atom stereocenters. The summed E-state index contributed by atoms with van der Waals surface area (Å²) in [6.45, 7) is 2.71. The van der Waals surface area contributed by atoms with Gasteiger partial charge in [0.05, 0.1) is 12.7 Å². The summed E-state index contributed by atoms with van der Waals surface area (Å²) in [5.74, 6) is -3.82. The maximum Gasteiger partial charge on any atom is 0.449 e. The van der Waals surface area contributed by atoms with Crippen LogP contribution in [0.1, 0.15) is 13.8 Å². The summed E-state index contributed by atoms with van der Waals surface area (Å²) in [5, 5.41) is 8.57. The highest BCUT2D eigenvalue weighted by Crippen LogP contribution is 2.31. The van der Waals surface area contributed by atoms with Gasteiger partial charge in [-0.1, -0.05) is 13.8 Å². The molecule has 0 aliphatic heterocycles. The highest BCUT2D eigenvalue weighted by Gasteiger charge is 2.40. The number of alkyl halides is 3. The van der Waals surface area contributed by atoms with Crippen LogP contribution < -0.4 is 0 Å². The minimum atomic E-state index is -4.77. The Morgan fingerprint density at radius 3 is 1.86 bits per heavy atom. The maximum absolute atomic E-state index is 12.2. The summed E-state index contributed by atoms with van der Waals surface area (Å²) >= 11 is 0. The van der Waals surface area contributed by atoms with E-state index < -0.39 is 29.4 Å². The van der Waals surface area contributed by atoms with E-state index in [4.69, 9.17) is 5.11 Å². The van der Waals surface area contributed by atoms with Crippen LogP contribution >= 0.6 is 0 Å². The predicted octanol–water partition coefficient (Wildman–Crippen LogP) is 2.19. The van der Waals surface area contributed by atoms with Crippen LogP contribution in [0.25, 0.3) is 0 Å². The van der Waals surface area contributed by atoms with E-state index >= 15 is 0 Å². The first-order valence-electron chi connectivity index (χ1n) is 3.80. The largest absolute Gasteiger partial charge is 0.492 e. The molecule has 0 amide bonds. The number of halogens is 3. The normalized spacial score (nSPS) is 13.9. The zero-order valence-corrected chi connectivity index (χ0v) is 7.97. The first kappa shape index (κ1) is 12.8. The molecule has 3 nitrogen and oxygen atoms in total. The molecule has 0 rings (SSSR count). The minimum Gasteiger partial charge on any atom is -0.492 e. The lowest BCUT2D eigenvalue weighted by Gasteiger charge is -2.15. The quantitative estimate of drug-likeness (QED) is 0.576. The van der Waals surface area contributed by atoms with Crippen LogP contribution in [0.5, 0.6) is 0 Å². The smallest absolute Gasteiger partial charge is 0.449 e. The Hall–Kier alpha value is -1.20. The number of aliphatic carboxylic acids is 1. The fourth-order valence-corrected chi connectivity index (χ4v) is 0.985. The van der Waals surface area contributed by atoms with Crippen LogP contribution in [-0.2, 0) is 9.53 Å². The van der Waals surface area contributed by atoms with Crippen molar-refractivity contribution in [3.05, 3.63) is 11.3 Å². The van der Waals surface area contributed by atoms with Crippen molar-refractivity contribution in [2.45, 2.75) is 20.0 Å². The Morgan fingerprint density at radius 1 is 1.36 bits per heavy atom. The highest BCUT2D eigenvalue weighted by molar-refractivity contribution is 5.87. The number of rotatable bonds is 3. The van der Waals surface area contributed by atoms with Crippen molar-refractivity contribution in [3.8, 4) is 0 Å². The fourth-order valence-electron chi connectivity index (χ4n) is 0.985. The molecule has 0 saturated heterocycles. The molecule has 1 N–H and O–H groups in total. The Balaban J connectivity index is 5.43. The van der Waals surface area contributed by atoms with Crippen molar-refractivity contribution in [2.24, 2.45) is 5.92 Å². The lowest BCUT2D eigenvalue weighted by Crippen LogP contribution is -2.22. The van der Waals surface area contributed by atoms with Crippen LogP contribution in [0.2, 0.25) is 0 Å². The third kappa shape index (κ3) is 2.93. The first-order chi connectivity index (χ1) is 6.21. The average molecular weight is 212 g/mol. The van der Waals surface area contributed by atoms with Crippen molar-refractivity contribution < 1.29 is 27.8 Å². The Morgan fingerprint density at radius 2 is 1.79 bits per heavy atom. The summed E-state index contributed by atoms with van der Waals surface area (Å²) < 4.78 is 40.8. The SMILES string of the molecule is CO/C(=C(/C(=O)O)C(C)C)C(F)(F)F. The molecule has 0 aromatic heterocycles. The second kappa shape index (κ2) is 4.34. The molecule has 0 bridgehead atoms. The number of hydrogen-bond acceptors (Lipinski definition) is 2. The molecular weight excluding hydrogens is 201 g/mol. The molecule has 0 heterocycles. The number of methoxy groups -OCH3 is 1. The van der Waals surface area contributed by atoms with Crippen molar-refractivity contribution in [1.29, 1.82) is 0 Å². The number of allylic oxidation sites excluding steroid dienone is 1. The first-order valence-corrected chi connectivity index (χ1v) is 3.80. The zero-order chi connectivity index (χ0) is 11.5. The van der Waals surface area contributed by atoms with Crippen molar-refractivity contribution in [1.82, 2.24) is 0 Å². The van der Waals surface area contributed by atoms with E-state index in [2.05, 4.69) is 4.74 Å². The van der Waals surface area contributed by atoms with Crippen LogP contribution in [0.4, 0.5) is 13.2 Å². The summed E-state index contributed by atoms with van der Waals surface area (Å²) in [4.78, 5) is 10.6. The van der Waals surface area contributed by atoms with Gasteiger partial charge >= 0.3 is 12.1 Å². The van der Waals surface area contributed by atoms with Gasteiger partial charge in [-0.3, -0.25) is 0 Å². The van der Waals surface area contributed by atoms with E-state index in [-0.39, 0.29) is 0 Å². The van der Waals surface area contributed by atoms with E-state index in [1.165, 1.54) is 13.8 Å². The van der Waals surface area contributed by atoms with Gasteiger partial charge in [0.15, 0.2) is 0 Å². The lowest BCUT2D eigenvalue weighted by atomic mass is 10.0. The standard InChI is InChI=1S/C8H11F3O3/c1-4(2)5(7(12)13)6(14-3)8(9,10)11/h4H,1-3H3,(H,12,13)/b6-5+. The van der Waals surface area contributed by atoms with Gasteiger partial charge in [-0.25, -0.2) is 4.79 Å². The summed E-state index contributed by atoms with van der Waals surface area (Å²) in [7, 11) is 0.800. The van der Waals surface area contributed by atoms with Gasteiger partial charge in [0, 0.05) is 0 Å². The fraction of sp³-hybridized carbons (Fsp3) is 0.625. The summed E-state index contributed by atoms with van der Waals surface area (Å²) in [6, 6.07) is 0. The molecule has 0 aliphatic carbocycles. The van der Waals surface area contributed by atoms with Gasteiger partial charge in [-0.05, 0) is 5.92 Å². The average Bonchev–Trinajstić information content (AvgIpc) is 1.95. The topological polar surface area (TPSA) is 46.5 Å².